The van der Waals surface area contributed by atoms with Crippen molar-refractivity contribution in [2.75, 3.05) is 4.90 Å². The molecule has 2 aromatic rings. The van der Waals surface area contributed by atoms with Crippen LogP contribution < -0.4 is 4.90 Å². The SMILES string of the molecule is CC(=O)c1cc2c(cc1C(C)=O)C(=O)N(c1ccc(C)cc1)C2=O. The molecule has 24 heavy (non-hydrogen) atoms. The summed E-state index contributed by atoms with van der Waals surface area (Å²) in [5, 5.41) is 0. The Hall–Kier alpha value is -3.08. The van der Waals surface area contributed by atoms with E-state index in [9.17, 15) is 19.2 Å². The highest BCUT2D eigenvalue weighted by atomic mass is 16.2. The molecule has 0 saturated carbocycles. The van der Waals surface area contributed by atoms with E-state index in [-0.39, 0.29) is 33.8 Å². The molecule has 5 heteroatoms. The molecule has 0 atom stereocenters. The molecular formula is C19H15NO4. The highest BCUT2D eigenvalue weighted by Gasteiger charge is 2.38. The molecule has 0 aliphatic carbocycles. The third kappa shape index (κ3) is 2.34. The summed E-state index contributed by atoms with van der Waals surface area (Å²) >= 11 is 0. The first-order valence-corrected chi connectivity index (χ1v) is 7.46. The number of anilines is 1. The number of carbonyl (C=O) groups is 4. The lowest BCUT2D eigenvalue weighted by atomic mass is 9.95. The number of nitrogens with zero attached hydrogens (tertiary/aromatic N) is 1. The van der Waals surface area contributed by atoms with Gasteiger partial charge in [0.1, 0.15) is 0 Å². The van der Waals surface area contributed by atoms with Crippen molar-refractivity contribution in [3.05, 3.63) is 64.2 Å². The first-order valence-electron chi connectivity index (χ1n) is 7.46. The number of aryl methyl sites for hydroxylation is 1. The van der Waals surface area contributed by atoms with Gasteiger partial charge in [0.25, 0.3) is 11.8 Å². The van der Waals surface area contributed by atoms with E-state index in [1.165, 1.54) is 26.0 Å². The number of imide groups is 1. The van der Waals surface area contributed by atoms with Gasteiger partial charge >= 0.3 is 0 Å². The molecule has 2 aromatic carbocycles. The van der Waals surface area contributed by atoms with E-state index >= 15 is 0 Å². The van der Waals surface area contributed by atoms with Crippen LogP contribution in [0.1, 0.15) is 60.8 Å². The van der Waals surface area contributed by atoms with Gasteiger partial charge in [-0.3, -0.25) is 19.2 Å². The molecule has 0 bridgehead atoms. The van der Waals surface area contributed by atoms with Gasteiger partial charge in [-0.05, 0) is 45.0 Å². The standard InChI is InChI=1S/C19H15NO4/c1-10-4-6-13(7-5-10)20-18(23)16-8-14(11(2)21)15(12(3)22)9-17(16)19(20)24/h4-9H,1-3H3. The molecule has 1 aliphatic rings. The van der Waals surface area contributed by atoms with Crippen LogP contribution >= 0.6 is 0 Å². The maximum atomic E-state index is 12.7. The molecule has 0 fully saturated rings. The lowest BCUT2D eigenvalue weighted by Gasteiger charge is -2.13. The minimum Gasteiger partial charge on any atom is -0.294 e. The zero-order chi connectivity index (χ0) is 17.6. The molecule has 0 radical (unpaired) electrons. The van der Waals surface area contributed by atoms with E-state index < -0.39 is 11.8 Å². The highest BCUT2D eigenvalue weighted by Crippen LogP contribution is 2.31. The Kier molecular flexibility index (Phi) is 3.64. The number of amides is 2. The van der Waals surface area contributed by atoms with Gasteiger partial charge in [-0.15, -0.1) is 0 Å². The fourth-order valence-electron chi connectivity index (χ4n) is 2.80. The van der Waals surface area contributed by atoms with Crippen LogP contribution in [0.4, 0.5) is 5.69 Å². The van der Waals surface area contributed by atoms with E-state index in [1.807, 2.05) is 6.92 Å². The van der Waals surface area contributed by atoms with Gasteiger partial charge < -0.3 is 0 Å². The van der Waals surface area contributed by atoms with Gasteiger partial charge in [0.2, 0.25) is 0 Å². The van der Waals surface area contributed by atoms with Gasteiger partial charge in [0.15, 0.2) is 11.6 Å². The van der Waals surface area contributed by atoms with Crippen molar-refractivity contribution >= 4 is 29.1 Å². The maximum Gasteiger partial charge on any atom is 0.266 e. The van der Waals surface area contributed by atoms with Gasteiger partial charge in [-0.1, -0.05) is 17.7 Å². The van der Waals surface area contributed by atoms with Gasteiger partial charge in [0.05, 0.1) is 16.8 Å². The van der Waals surface area contributed by atoms with Crippen molar-refractivity contribution in [3.8, 4) is 0 Å². The number of benzene rings is 2. The van der Waals surface area contributed by atoms with Crippen LogP contribution in [0.2, 0.25) is 0 Å². The molecule has 0 spiro atoms. The third-order valence-corrected chi connectivity index (χ3v) is 4.08. The number of carbonyl (C=O) groups excluding carboxylic acids is 4. The Morgan fingerprint density at radius 2 is 1.21 bits per heavy atom. The summed E-state index contributed by atoms with van der Waals surface area (Å²) in [7, 11) is 0. The number of hydrogen-bond acceptors (Lipinski definition) is 4. The number of rotatable bonds is 3. The molecule has 2 amide bonds. The second-order valence-electron chi connectivity index (χ2n) is 5.84. The molecule has 1 heterocycles. The average molecular weight is 321 g/mol. The van der Waals surface area contributed by atoms with E-state index in [4.69, 9.17) is 0 Å². The van der Waals surface area contributed by atoms with Crippen LogP contribution in [0.3, 0.4) is 0 Å². The zero-order valence-corrected chi connectivity index (χ0v) is 13.5. The molecule has 0 unspecified atom stereocenters. The first-order chi connectivity index (χ1) is 11.3. The fraction of sp³-hybridized carbons (Fsp3) is 0.158. The van der Waals surface area contributed by atoms with Crippen molar-refractivity contribution in [3.63, 3.8) is 0 Å². The summed E-state index contributed by atoms with van der Waals surface area (Å²) in [5.41, 5.74) is 2.08. The topological polar surface area (TPSA) is 71.5 Å². The lowest BCUT2D eigenvalue weighted by Crippen LogP contribution is -2.29. The smallest absolute Gasteiger partial charge is 0.266 e. The van der Waals surface area contributed by atoms with Crippen molar-refractivity contribution in [2.45, 2.75) is 20.8 Å². The van der Waals surface area contributed by atoms with Crippen LogP contribution in [0.25, 0.3) is 0 Å². The largest absolute Gasteiger partial charge is 0.294 e. The first kappa shape index (κ1) is 15.8. The Bertz CT molecular complexity index is 857. The number of fused-ring (bicyclic) bond motifs is 1. The quantitative estimate of drug-likeness (QED) is 0.643. The van der Waals surface area contributed by atoms with Gasteiger partial charge in [0, 0.05) is 11.1 Å². The molecule has 120 valence electrons. The molecular weight excluding hydrogens is 306 g/mol. The van der Waals surface area contributed by atoms with Crippen molar-refractivity contribution in [1.82, 2.24) is 0 Å². The van der Waals surface area contributed by atoms with Gasteiger partial charge in [-0.2, -0.15) is 0 Å². The molecule has 3 rings (SSSR count). The Morgan fingerprint density at radius 3 is 1.58 bits per heavy atom. The summed E-state index contributed by atoms with van der Waals surface area (Å²) in [6, 6.07) is 9.69. The van der Waals surface area contributed by atoms with Gasteiger partial charge in [-0.25, -0.2) is 4.90 Å². The summed E-state index contributed by atoms with van der Waals surface area (Å²) in [6.45, 7) is 4.56. The van der Waals surface area contributed by atoms with Crippen molar-refractivity contribution in [2.24, 2.45) is 0 Å². The lowest BCUT2D eigenvalue weighted by molar-refractivity contribution is 0.0925. The van der Waals surface area contributed by atoms with Crippen LogP contribution in [0.5, 0.6) is 0 Å². The third-order valence-electron chi connectivity index (χ3n) is 4.08. The highest BCUT2D eigenvalue weighted by molar-refractivity contribution is 6.35. The maximum absolute atomic E-state index is 12.7. The molecule has 5 nitrogen and oxygen atoms in total. The Balaban J connectivity index is 2.17. The number of hydrogen-bond donors (Lipinski definition) is 0. The summed E-state index contributed by atoms with van der Waals surface area (Å²) in [5.74, 6) is -1.62. The van der Waals surface area contributed by atoms with Crippen LogP contribution in [0, 0.1) is 6.92 Å². The summed E-state index contributed by atoms with van der Waals surface area (Å²) in [6.07, 6.45) is 0. The predicted molar refractivity (Wildman–Crippen MR) is 88.8 cm³/mol. The molecule has 1 aliphatic heterocycles. The predicted octanol–water partition coefficient (Wildman–Crippen LogP) is 3.20. The molecule has 0 N–H and O–H groups in total. The Morgan fingerprint density at radius 1 is 0.792 bits per heavy atom. The van der Waals surface area contributed by atoms with E-state index in [0.717, 1.165) is 10.5 Å². The monoisotopic (exact) mass is 321 g/mol. The second-order valence-corrected chi connectivity index (χ2v) is 5.84. The van der Waals surface area contributed by atoms with E-state index in [0.29, 0.717) is 5.69 Å². The normalized spacial score (nSPS) is 13.2. The number of ketones is 2. The molecule has 0 saturated heterocycles. The minimum absolute atomic E-state index is 0.149. The van der Waals surface area contributed by atoms with Crippen LogP contribution in [-0.4, -0.2) is 23.4 Å². The average Bonchev–Trinajstić information content (AvgIpc) is 2.78. The van der Waals surface area contributed by atoms with Crippen molar-refractivity contribution in [1.29, 1.82) is 0 Å². The molecule has 0 aromatic heterocycles. The summed E-state index contributed by atoms with van der Waals surface area (Å²) in [4.78, 5) is 50.0. The fourth-order valence-corrected chi connectivity index (χ4v) is 2.80. The van der Waals surface area contributed by atoms with Crippen LogP contribution in [0.15, 0.2) is 36.4 Å². The zero-order valence-electron chi connectivity index (χ0n) is 13.5. The minimum atomic E-state index is -0.489. The number of Topliss-reactive ketones (excluding diaryl/α,β-unsaturated/α-hetero) is 2. The second kappa shape index (κ2) is 5.53. The summed E-state index contributed by atoms with van der Waals surface area (Å²) < 4.78 is 0. The van der Waals surface area contributed by atoms with E-state index in [1.54, 1.807) is 24.3 Å². The van der Waals surface area contributed by atoms with E-state index in [2.05, 4.69) is 0 Å². The van der Waals surface area contributed by atoms with Crippen LogP contribution in [-0.2, 0) is 0 Å². The van der Waals surface area contributed by atoms with Crippen molar-refractivity contribution < 1.29 is 19.2 Å². The Labute approximate surface area is 138 Å².